The molecule has 1 fully saturated rings. The Bertz CT molecular complexity index is 869. The SMILES string of the molecule is C=c1ccc2c(c1)[Si](C)(C)c1cc(N3CCOCC3)ccc1N=2. The van der Waals surface area contributed by atoms with Gasteiger partial charge in [-0.1, -0.05) is 31.8 Å². The maximum absolute atomic E-state index is 5.48. The Balaban J connectivity index is 1.86. The number of ether oxygens (including phenoxy) is 1. The first-order chi connectivity index (χ1) is 11.1. The van der Waals surface area contributed by atoms with Gasteiger partial charge in [0.2, 0.25) is 0 Å². The lowest BCUT2D eigenvalue weighted by atomic mass is 10.2. The van der Waals surface area contributed by atoms with E-state index >= 15 is 0 Å². The summed E-state index contributed by atoms with van der Waals surface area (Å²) in [7, 11) is -1.75. The van der Waals surface area contributed by atoms with Crippen molar-refractivity contribution in [2.45, 2.75) is 13.1 Å². The van der Waals surface area contributed by atoms with Gasteiger partial charge in [-0.3, -0.25) is 0 Å². The van der Waals surface area contributed by atoms with Crippen LogP contribution in [0.5, 0.6) is 0 Å². The molecule has 4 heteroatoms. The van der Waals surface area contributed by atoms with Crippen molar-refractivity contribution in [1.29, 1.82) is 0 Å². The van der Waals surface area contributed by atoms with Crippen LogP contribution < -0.4 is 25.8 Å². The number of rotatable bonds is 1. The Hall–Kier alpha value is -1.91. The van der Waals surface area contributed by atoms with E-state index in [0.717, 1.165) is 42.6 Å². The lowest BCUT2D eigenvalue weighted by Gasteiger charge is -2.33. The minimum absolute atomic E-state index is 0.815. The zero-order chi connectivity index (χ0) is 16.0. The van der Waals surface area contributed by atoms with Gasteiger partial charge < -0.3 is 9.64 Å². The molecule has 0 saturated carbocycles. The molecule has 0 radical (unpaired) electrons. The van der Waals surface area contributed by atoms with Crippen LogP contribution in [-0.4, -0.2) is 34.4 Å². The molecule has 0 atom stereocenters. The van der Waals surface area contributed by atoms with E-state index in [4.69, 9.17) is 9.73 Å². The molecular weight excluding hydrogens is 300 g/mol. The maximum Gasteiger partial charge on any atom is 0.117 e. The molecule has 2 aliphatic rings. The van der Waals surface area contributed by atoms with E-state index in [0.29, 0.717) is 0 Å². The van der Waals surface area contributed by atoms with Crippen molar-refractivity contribution >= 4 is 36.4 Å². The van der Waals surface area contributed by atoms with Gasteiger partial charge in [0.1, 0.15) is 8.07 Å². The molecule has 0 unspecified atom stereocenters. The smallest absolute Gasteiger partial charge is 0.117 e. The van der Waals surface area contributed by atoms with Gasteiger partial charge in [0.25, 0.3) is 0 Å². The number of morpholine rings is 1. The third-order valence-corrected chi connectivity index (χ3v) is 8.50. The largest absolute Gasteiger partial charge is 0.378 e. The van der Waals surface area contributed by atoms with Crippen LogP contribution in [0.4, 0.5) is 11.4 Å². The average molecular weight is 322 g/mol. The Kier molecular flexibility index (Phi) is 3.39. The third-order valence-electron chi connectivity index (χ3n) is 5.00. The summed E-state index contributed by atoms with van der Waals surface area (Å²) in [4.78, 5) is 7.31. The van der Waals surface area contributed by atoms with Crippen LogP contribution in [0, 0.1) is 0 Å². The Morgan fingerprint density at radius 3 is 2.61 bits per heavy atom. The van der Waals surface area contributed by atoms with Crippen molar-refractivity contribution in [2.24, 2.45) is 4.99 Å². The molecule has 2 aromatic carbocycles. The fraction of sp³-hybridized carbons (Fsp3) is 0.316. The summed E-state index contributed by atoms with van der Waals surface area (Å²) in [5.41, 5.74) is 2.44. The van der Waals surface area contributed by atoms with Crippen LogP contribution in [0.15, 0.2) is 41.4 Å². The van der Waals surface area contributed by atoms with Crippen molar-refractivity contribution in [3.8, 4) is 0 Å². The number of anilines is 1. The van der Waals surface area contributed by atoms with E-state index in [-0.39, 0.29) is 0 Å². The first-order valence-electron chi connectivity index (χ1n) is 8.21. The average Bonchev–Trinajstić information content (AvgIpc) is 2.56. The van der Waals surface area contributed by atoms with Gasteiger partial charge in [-0.2, -0.15) is 0 Å². The predicted molar refractivity (Wildman–Crippen MR) is 98.6 cm³/mol. The highest BCUT2D eigenvalue weighted by Crippen LogP contribution is 2.23. The number of benzene rings is 2. The van der Waals surface area contributed by atoms with Crippen LogP contribution >= 0.6 is 0 Å². The van der Waals surface area contributed by atoms with Gasteiger partial charge in [0.05, 0.1) is 24.3 Å². The molecule has 0 bridgehead atoms. The second-order valence-corrected chi connectivity index (χ2v) is 11.2. The minimum Gasteiger partial charge on any atom is -0.378 e. The van der Waals surface area contributed by atoms with Crippen molar-refractivity contribution in [3.05, 3.63) is 47.0 Å². The lowest BCUT2D eigenvalue weighted by molar-refractivity contribution is 0.122. The Morgan fingerprint density at radius 1 is 1.04 bits per heavy atom. The zero-order valence-electron chi connectivity index (χ0n) is 13.8. The molecular formula is C19H22N2OSi. The highest BCUT2D eigenvalue weighted by molar-refractivity contribution is 7.01. The van der Waals surface area contributed by atoms with Crippen LogP contribution in [0.3, 0.4) is 0 Å². The van der Waals surface area contributed by atoms with E-state index < -0.39 is 8.07 Å². The fourth-order valence-electron chi connectivity index (χ4n) is 3.60. The van der Waals surface area contributed by atoms with Gasteiger partial charge in [-0.15, -0.1) is 0 Å². The summed E-state index contributed by atoms with van der Waals surface area (Å²) in [5.74, 6) is 0. The number of nitrogens with zero attached hydrogens (tertiary/aromatic N) is 2. The first kappa shape index (κ1) is 14.7. The van der Waals surface area contributed by atoms with E-state index in [9.17, 15) is 0 Å². The van der Waals surface area contributed by atoms with Crippen molar-refractivity contribution in [3.63, 3.8) is 0 Å². The van der Waals surface area contributed by atoms with Crippen LogP contribution in [0.2, 0.25) is 13.1 Å². The van der Waals surface area contributed by atoms with E-state index in [1.807, 2.05) is 0 Å². The topological polar surface area (TPSA) is 24.8 Å². The maximum atomic E-state index is 5.48. The number of hydrogen-bond donors (Lipinski definition) is 0. The highest BCUT2D eigenvalue weighted by Gasteiger charge is 2.33. The second-order valence-electron chi connectivity index (χ2n) is 6.89. The summed E-state index contributed by atoms with van der Waals surface area (Å²) < 4.78 is 5.48. The van der Waals surface area contributed by atoms with Gasteiger partial charge >= 0.3 is 0 Å². The molecule has 23 heavy (non-hydrogen) atoms. The fourth-order valence-corrected chi connectivity index (χ4v) is 6.50. The standard InChI is InChI=1S/C19H22N2OSi/c1-14-4-6-16-18(12-14)23(2,3)19-13-15(5-7-17(19)20-16)21-8-10-22-11-9-21/h4-7,12-13H,1,8-11H2,2-3H3. The minimum atomic E-state index is -1.75. The summed E-state index contributed by atoms with van der Waals surface area (Å²) in [5, 5.41) is 5.03. The second kappa shape index (κ2) is 5.32. The summed E-state index contributed by atoms with van der Waals surface area (Å²) in [6.07, 6.45) is 0. The Labute approximate surface area is 137 Å². The van der Waals surface area contributed by atoms with E-state index in [2.05, 4.69) is 61.0 Å². The van der Waals surface area contributed by atoms with Gasteiger partial charge in [0.15, 0.2) is 0 Å². The van der Waals surface area contributed by atoms with E-state index in [1.54, 1.807) is 0 Å². The van der Waals surface area contributed by atoms with Crippen LogP contribution in [0.1, 0.15) is 0 Å². The molecule has 0 amide bonds. The van der Waals surface area contributed by atoms with Crippen LogP contribution in [-0.2, 0) is 4.74 Å². The molecule has 1 saturated heterocycles. The van der Waals surface area contributed by atoms with Crippen molar-refractivity contribution in [2.75, 3.05) is 31.2 Å². The summed E-state index contributed by atoms with van der Waals surface area (Å²) in [6, 6.07) is 13.2. The molecule has 0 N–H and O–H groups in total. The van der Waals surface area contributed by atoms with E-state index in [1.165, 1.54) is 16.1 Å². The monoisotopic (exact) mass is 322 g/mol. The molecule has 2 aliphatic heterocycles. The molecule has 2 heterocycles. The third kappa shape index (κ3) is 2.42. The number of hydrogen-bond acceptors (Lipinski definition) is 3. The Morgan fingerprint density at radius 2 is 1.83 bits per heavy atom. The molecule has 2 aromatic rings. The van der Waals surface area contributed by atoms with Crippen molar-refractivity contribution < 1.29 is 4.74 Å². The summed E-state index contributed by atoms with van der Waals surface area (Å²) >= 11 is 0. The quantitative estimate of drug-likeness (QED) is 0.733. The highest BCUT2D eigenvalue weighted by atomic mass is 28.3. The van der Waals surface area contributed by atoms with Gasteiger partial charge in [-0.05, 0) is 39.9 Å². The normalized spacial score (nSPS) is 18.8. The molecule has 0 aliphatic carbocycles. The van der Waals surface area contributed by atoms with Crippen molar-refractivity contribution in [1.82, 2.24) is 0 Å². The first-order valence-corrected chi connectivity index (χ1v) is 11.2. The van der Waals surface area contributed by atoms with Gasteiger partial charge in [-0.25, -0.2) is 4.99 Å². The molecule has 0 aromatic heterocycles. The molecule has 0 spiro atoms. The molecule has 4 rings (SSSR count). The number of fused-ring (bicyclic) bond motifs is 2. The van der Waals surface area contributed by atoms with Crippen LogP contribution in [0.25, 0.3) is 6.58 Å². The molecule has 3 nitrogen and oxygen atoms in total. The van der Waals surface area contributed by atoms with Gasteiger partial charge in [0, 0.05) is 18.8 Å². The summed E-state index contributed by atoms with van der Waals surface area (Å²) in [6.45, 7) is 12.5. The lowest BCUT2D eigenvalue weighted by Crippen LogP contribution is -2.61. The molecule has 118 valence electrons. The predicted octanol–water partition coefficient (Wildman–Crippen LogP) is 1.02. The zero-order valence-corrected chi connectivity index (χ0v) is 14.8.